The number of nitrogens with zero attached hydrogens (tertiary/aromatic N) is 1. The van der Waals surface area contributed by atoms with Crippen LogP contribution in [0.5, 0.6) is 0 Å². The zero-order chi connectivity index (χ0) is 11.8. The number of aromatic nitrogens is 2. The molecule has 3 rings (SSSR count). The maximum Gasteiger partial charge on any atom is 0.123 e. The quantitative estimate of drug-likeness (QED) is 0.799. The minimum absolute atomic E-state index is 0.202. The summed E-state index contributed by atoms with van der Waals surface area (Å²) in [6.45, 7) is 2.27. The van der Waals surface area contributed by atoms with Crippen LogP contribution in [0, 0.1) is 11.7 Å². The molecule has 0 amide bonds. The molecular weight excluding hydrogens is 215 g/mol. The van der Waals surface area contributed by atoms with E-state index in [1.54, 1.807) is 12.1 Å². The Morgan fingerprint density at radius 1 is 1.29 bits per heavy atom. The summed E-state index contributed by atoms with van der Waals surface area (Å²) in [5, 5.41) is 7.50. The van der Waals surface area contributed by atoms with E-state index in [1.807, 2.05) is 0 Å². The Morgan fingerprint density at radius 2 is 2.06 bits per heavy atom. The normalized spacial score (nSPS) is 19.1. The lowest BCUT2D eigenvalue weighted by molar-refractivity contribution is 0.498. The van der Waals surface area contributed by atoms with Gasteiger partial charge in [-0.2, -0.15) is 5.10 Å². The maximum absolute atomic E-state index is 12.9. The van der Waals surface area contributed by atoms with E-state index in [4.69, 9.17) is 0 Å². The second-order valence-electron chi connectivity index (χ2n) is 4.88. The molecule has 2 aromatic rings. The van der Waals surface area contributed by atoms with Crippen LogP contribution in [0.3, 0.4) is 0 Å². The number of hydrogen-bond acceptors (Lipinski definition) is 1. The lowest BCUT2D eigenvalue weighted by Crippen LogP contribution is -2.10. The van der Waals surface area contributed by atoms with Crippen molar-refractivity contribution < 1.29 is 4.39 Å². The fraction of sp³-hybridized carbons (Fsp3) is 0.357. The Bertz CT molecular complexity index is 528. The van der Waals surface area contributed by atoms with E-state index >= 15 is 0 Å². The number of nitrogens with one attached hydrogen (secondary N) is 1. The van der Waals surface area contributed by atoms with Gasteiger partial charge in [-0.3, -0.25) is 5.10 Å². The summed E-state index contributed by atoms with van der Waals surface area (Å²) >= 11 is 0. The van der Waals surface area contributed by atoms with Crippen LogP contribution in [0.25, 0.3) is 11.3 Å². The third-order valence-electron chi connectivity index (χ3n) is 3.51. The summed E-state index contributed by atoms with van der Waals surface area (Å²) in [5.74, 6) is 0.505. The Hall–Kier alpha value is -1.64. The van der Waals surface area contributed by atoms with Gasteiger partial charge >= 0.3 is 0 Å². The van der Waals surface area contributed by atoms with Gasteiger partial charge in [0.15, 0.2) is 0 Å². The van der Waals surface area contributed by atoms with Crippen LogP contribution in [0.1, 0.15) is 24.6 Å². The van der Waals surface area contributed by atoms with Crippen molar-refractivity contribution in [3.63, 3.8) is 0 Å². The predicted octanol–water partition coefficient (Wildman–Crippen LogP) is 3.34. The smallest absolute Gasteiger partial charge is 0.123 e. The molecule has 1 unspecified atom stereocenters. The summed E-state index contributed by atoms with van der Waals surface area (Å²) in [6, 6.07) is 6.57. The molecule has 2 nitrogen and oxygen atoms in total. The van der Waals surface area contributed by atoms with E-state index in [1.165, 1.54) is 29.8 Å². The zero-order valence-electron chi connectivity index (χ0n) is 9.83. The number of halogens is 1. The Balaban J connectivity index is 2.04. The monoisotopic (exact) mass is 230 g/mol. The van der Waals surface area contributed by atoms with Gasteiger partial charge in [-0.05, 0) is 49.4 Å². The van der Waals surface area contributed by atoms with Crippen LogP contribution in [0.2, 0.25) is 0 Å². The van der Waals surface area contributed by atoms with E-state index < -0.39 is 0 Å². The van der Waals surface area contributed by atoms with Crippen LogP contribution in [-0.2, 0) is 12.8 Å². The molecule has 1 N–H and O–H groups in total. The van der Waals surface area contributed by atoms with E-state index in [0.29, 0.717) is 5.92 Å². The molecule has 1 aliphatic rings. The van der Waals surface area contributed by atoms with Gasteiger partial charge < -0.3 is 0 Å². The van der Waals surface area contributed by atoms with Crippen LogP contribution in [0.15, 0.2) is 24.3 Å². The molecule has 1 aromatic heterocycles. The van der Waals surface area contributed by atoms with Crippen molar-refractivity contribution in [2.75, 3.05) is 0 Å². The van der Waals surface area contributed by atoms with Crippen LogP contribution < -0.4 is 0 Å². The molecule has 0 fully saturated rings. The first kappa shape index (κ1) is 10.5. The Morgan fingerprint density at radius 3 is 2.82 bits per heavy atom. The second kappa shape index (κ2) is 3.99. The number of H-pyrrole nitrogens is 1. The molecule has 0 spiro atoms. The van der Waals surface area contributed by atoms with E-state index in [2.05, 4.69) is 17.1 Å². The van der Waals surface area contributed by atoms with Gasteiger partial charge in [-0.1, -0.05) is 6.92 Å². The molecule has 1 heterocycles. The fourth-order valence-corrected chi connectivity index (χ4v) is 2.52. The average Bonchev–Trinajstić information content (AvgIpc) is 2.73. The first-order valence-electron chi connectivity index (χ1n) is 6.06. The molecule has 1 atom stereocenters. The van der Waals surface area contributed by atoms with Gasteiger partial charge in [0.1, 0.15) is 5.82 Å². The molecule has 1 aliphatic carbocycles. The van der Waals surface area contributed by atoms with Crippen LogP contribution in [-0.4, -0.2) is 10.2 Å². The van der Waals surface area contributed by atoms with Crippen molar-refractivity contribution in [1.82, 2.24) is 10.2 Å². The first-order chi connectivity index (χ1) is 8.24. The summed E-state index contributed by atoms with van der Waals surface area (Å²) in [5.41, 5.74) is 4.56. The molecule has 0 bridgehead atoms. The van der Waals surface area contributed by atoms with Crippen molar-refractivity contribution in [1.29, 1.82) is 0 Å². The van der Waals surface area contributed by atoms with Crippen molar-refractivity contribution in [2.45, 2.75) is 26.2 Å². The fourth-order valence-electron chi connectivity index (χ4n) is 2.52. The Labute approximate surface area is 99.9 Å². The van der Waals surface area contributed by atoms with Crippen LogP contribution >= 0.6 is 0 Å². The van der Waals surface area contributed by atoms with Gasteiger partial charge in [0.05, 0.1) is 5.69 Å². The molecule has 0 aliphatic heterocycles. The summed E-state index contributed by atoms with van der Waals surface area (Å²) in [7, 11) is 0. The van der Waals surface area contributed by atoms with Crippen molar-refractivity contribution in [2.24, 2.45) is 5.92 Å². The standard InChI is InChI=1S/C14H15FN2/c1-9-2-7-13-12(8-9)14(17-16-13)10-3-5-11(15)6-4-10/h3-6,9H,2,7-8H2,1H3,(H,16,17). The van der Waals surface area contributed by atoms with Crippen molar-refractivity contribution in [3.05, 3.63) is 41.3 Å². The highest BCUT2D eigenvalue weighted by Gasteiger charge is 2.21. The zero-order valence-corrected chi connectivity index (χ0v) is 9.83. The molecule has 0 saturated carbocycles. The topological polar surface area (TPSA) is 28.7 Å². The number of aryl methyl sites for hydroxylation is 1. The number of rotatable bonds is 1. The highest BCUT2D eigenvalue weighted by Crippen LogP contribution is 2.31. The summed E-state index contributed by atoms with van der Waals surface area (Å²) in [6.07, 6.45) is 3.36. The minimum atomic E-state index is -0.202. The largest absolute Gasteiger partial charge is 0.282 e. The van der Waals surface area contributed by atoms with Gasteiger partial charge in [-0.15, -0.1) is 0 Å². The maximum atomic E-state index is 12.9. The SMILES string of the molecule is CC1CCc2[nH]nc(-c3ccc(F)cc3)c2C1. The first-order valence-corrected chi connectivity index (χ1v) is 6.06. The molecule has 88 valence electrons. The number of benzene rings is 1. The van der Waals surface area contributed by atoms with E-state index in [9.17, 15) is 4.39 Å². The van der Waals surface area contributed by atoms with E-state index in [0.717, 1.165) is 24.1 Å². The lowest BCUT2D eigenvalue weighted by atomic mass is 9.87. The predicted molar refractivity (Wildman–Crippen MR) is 65.2 cm³/mol. The lowest BCUT2D eigenvalue weighted by Gasteiger charge is -2.18. The third kappa shape index (κ3) is 1.86. The van der Waals surface area contributed by atoms with Gasteiger partial charge in [0.2, 0.25) is 0 Å². The third-order valence-corrected chi connectivity index (χ3v) is 3.51. The number of fused-ring (bicyclic) bond motifs is 1. The van der Waals surface area contributed by atoms with Gasteiger partial charge in [-0.25, -0.2) is 4.39 Å². The van der Waals surface area contributed by atoms with Gasteiger partial charge in [0.25, 0.3) is 0 Å². The molecule has 3 heteroatoms. The molecule has 1 aromatic carbocycles. The molecule has 17 heavy (non-hydrogen) atoms. The molecule has 0 saturated heterocycles. The number of aromatic amines is 1. The van der Waals surface area contributed by atoms with Crippen LogP contribution in [0.4, 0.5) is 4.39 Å². The highest BCUT2D eigenvalue weighted by atomic mass is 19.1. The minimum Gasteiger partial charge on any atom is -0.282 e. The summed E-state index contributed by atoms with van der Waals surface area (Å²) in [4.78, 5) is 0. The molecular formula is C14H15FN2. The Kier molecular flexibility index (Phi) is 2.46. The van der Waals surface area contributed by atoms with Crippen molar-refractivity contribution in [3.8, 4) is 11.3 Å². The summed E-state index contributed by atoms with van der Waals surface area (Å²) < 4.78 is 12.9. The van der Waals surface area contributed by atoms with Gasteiger partial charge in [0, 0.05) is 16.8 Å². The second-order valence-corrected chi connectivity index (χ2v) is 4.88. The average molecular weight is 230 g/mol. The van der Waals surface area contributed by atoms with E-state index in [-0.39, 0.29) is 5.82 Å². The van der Waals surface area contributed by atoms with Crippen molar-refractivity contribution >= 4 is 0 Å². The highest BCUT2D eigenvalue weighted by molar-refractivity contribution is 5.64. The number of hydrogen-bond donors (Lipinski definition) is 1. The molecule has 0 radical (unpaired) electrons.